The van der Waals surface area contributed by atoms with Crippen LogP contribution in [-0.2, 0) is 4.79 Å². The summed E-state index contributed by atoms with van der Waals surface area (Å²) in [7, 11) is 0. The number of piperidine rings is 2. The normalized spacial score (nSPS) is 23.8. The molecular weight excluding hydrogens is 364 g/mol. The lowest BCUT2D eigenvalue weighted by Gasteiger charge is -2.38. The number of hydrogen-bond acceptors (Lipinski definition) is 3. The molecule has 2 unspecified atom stereocenters. The van der Waals surface area contributed by atoms with Crippen molar-refractivity contribution in [3.8, 4) is 0 Å². The van der Waals surface area contributed by atoms with Gasteiger partial charge in [-0.1, -0.05) is 18.5 Å². The highest BCUT2D eigenvalue weighted by molar-refractivity contribution is 8.00. The molecule has 2 atom stereocenters. The Morgan fingerprint density at radius 1 is 1.19 bits per heavy atom. The molecule has 2 fully saturated rings. The summed E-state index contributed by atoms with van der Waals surface area (Å²) in [5.41, 5.74) is 0. The molecule has 0 aliphatic carbocycles. The summed E-state index contributed by atoms with van der Waals surface area (Å²) < 4.78 is 0. The number of amides is 1. The number of thioether (sulfide) groups is 1. The molecule has 1 aromatic carbocycles. The van der Waals surface area contributed by atoms with E-state index < -0.39 is 0 Å². The second-order valence-electron chi connectivity index (χ2n) is 7.99. The van der Waals surface area contributed by atoms with Crippen molar-refractivity contribution in [2.75, 3.05) is 32.7 Å². The van der Waals surface area contributed by atoms with Gasteiger partial charge >= 0.3 is 0 Å². The third-order valence-corrected chi connectivity index (χ3v) is 7.05. The average Bonchev–Trinajstić information content (AvgIpc) is 2.65. The number of rotatable bonds is 5. The SMILES string of the molecule is CC1CCN(CC2CCCN(C(=O)C(C)Sc3ccc(Cl)cc3)C2)CC1. The molecule has 0 radical (unpaired) electrons. The van der Waals surface area contributed by atoms with E-state index in [1.54, 1.807) is 11.8 Å². The van der Waals surface area contributed by atoms with E-state index in [1.807, 2.05) is 31.2 Å². The quantitative estimate of drug-likeness (QED) is 0.670. The molecule has 0 saturated carbocycles. The van der Waals surface area contributed by atoms with Crippen LogP contribution in [0, 0.1) is 11.8 Å². The van der Waals surface area contributed by atoms with E-state index in [9.17, 15) is 4.79 Å². The summed E-state index contributed by atoms with van der Waals surface area (Å²) in [5, 5.41) is 0.685. The summed E-state index contributed by atoms with van der Waals surface area (Å²) in [6.45, 7) is 9.85. The lowest BCUT2D eigenvalue weighted by Crippen LogP contribution is -2.47. The van der Waals surface area contributed by atoms with Crippen molar-refractivity contribution in [3.05, 3.63) is 29.3 Å². The Morgan fingerprint density at radius 2 is 1.88 bits per heavy atom. The summed E-state index contributed by atoms with van der Waals surface area (Å²) >= 11 is 7.58. The molecule has 2 aliphatic rings. The number of likely N-dealkylation sites (tertiary alicyclic amines) is 2. The number of benzene rings is 1. The van der Waals surface area contributed by atoms with Crippen LogP contribution in [0.1, 0.15) is 39.5 Å². The van der Waals surface area contributed by atoms with Gasteiger partial charge in [-0.2, -0.15) is 0 Å². The third-order valence-electron chi connectivity index (χ3n) is 5.70. The monoisotopic (exact) mass is 394 g/mol. The Balaban J connectivity index is 1.49. The number of carbonyl (C=O) groups is 1. The summed E-state index contributed by atoms with van der Waals surface area (Å²) in [5.74, 6) is 1.79. The predicted molar refractivity (Wildman–Crippen MR) is 111 cm³/mol. The highest BCUT2D eigenvalue weighted by atomic mass is 35.5. The van der Waals surface area contributed by atoms with Gasteiger partial charge in [-0.25, -0.2) is 0 Å². The lowest BCUT2D eigenvalue weighted by atomic mass is 9.94. The molecule has 5 heteroatoms. The smallest absolute Gasteiger partial charge is 0.235 e. The molecule has 26 heavy (non-hydrogen) atoms. The highest BCUT2D eigenvalue weighted by Gasteiger charge is 2.29. The van der Waals surface area contributed by atoms with Crippen molar-refractivity contribution in [3.63, 3.8) is 0 Å². The van der Waals surface area contributed by atoms with Crippen molar-refractivity contribution < 1.29 is 4.79 Å². The van der Waals surface area contributed by atoms with Crippen LogP contribution in [0.3, 0.4) is 0 Å². The number of halogens is 1. The Morgan fingerprint density at radius 3 is 2.58 bits per heavy atom. The van der Waals surface area contributed by atoms with Crippen molar-refractivity contribution in [2.45, 2.75) is 49.7 Å². The maximum Gasteiger partial charge on any atom is 0.235 e. The average molecular weight is 395 g/mol. The molecule has 0 spiro atoms. The van der Waals surface area contributed by atoms with Crippen LogP contribution in [0.2, 0.25) is 5.02 Å². The van der Waals surface area contributed by atoms with Crippen LogP contribution in [-0.4, -0.2) is 53.7 Å². The van der Waals surface area contributed by atoms with Crippen LogP contribution in [0.4, 0.5) is 0 Å². The van der Waals surface area contributed by atoms with Crippen LogP contribution >= 0.6 is 23.4 Å². The van der Waals surface area contributed by atoms with E-state index >= 15 is 0 Å². The van der Waals surface area contributed by atoms with E-state index in [1.165, 1.54) is 32.4 Å². The molecule has 3 rings (SSSR count). The zero-order chi connectivity index (χ0) is 18.5. The minimum absolute atomic E-state index is 0.0502. The van der Waals surface area contributed by atoms with Crippen molar-refractivity contribution in [2.24, 2.45) is 11.8 Å². The molecule has 3 nitrogen and oxygen atoms in total. The van der Waals surface area contributed by atoms with Gasteiger partial charge in [0, 0.05) is 29.6 Å². The van der Waals surface area contributed by atoms with Gasteiger partial charge in [0.1, 0.15) is 0 Å². The minimum Gasteiger partial charge on any atom is -0.341 e. The van der Waals surface area contributed by atoms with Crippen LogP contribution in [0.25, 0.3) is 0 Å². The molecular formula is C21H31ClN2OS. The Hall–Kier alpha value is -0.710. The standard InChI is InChI=1S/C21H31ClN2OS/c1-16-9-12-23(13-10-16)14-18-4-3-11-24(15-18)21(25)17(2)26-20-7-5-19(22)6-8-20/h5-8,16-18H,3-4,9-15H2,1-2H3. The van der Waals surface area contributed by atoms with Gasteiger partial charge in [0.25, 0.3) is 0 Å². The van der Waals surface area contributed by atoms with E-state index in [0.717, 1.165) is 41.9 Å². The van der Waals surface area contributed by atoms with Gasteiger partial charge < -0.3 is 9.80 Å². The first-order valence-corrected chi connectivity index (χ1v) is 11.2. The zero-order valence-corrected chi connectivity index (χ0v) is 17.6. The molecule has 2 heterocycles. The molecule has 2 aliphatic heterocycles. The maximum absolute atomic E-state index is 12.9. The van der Waals surface area contributed by atoms with Crippen molar-refractivity contribution in [1.29, 1.82) is 0 Å². The van der Waals surface area contributed by atoms with Gasteiger partial charge in [-0.15, -0.1) is 11.8 Å². The fourth-order valence-electron chi connectivity index (χ4n) is 4.05. The van der Waals surface area contributed by atoms with Gasteiger partial charge in [0.05, 0.1) is 5.25 Å². The maximum atomic E-state index is 12.9. The van der Waals surface area contributed by atoms with Gasteiger partial charge in [-0.3, -0.25) is 4.79 Å². The molecule has 2 saturated heterocycles. The molecule has 0 bridgehead atoms. The van der Waals surface area contributed by atoms with Crippen LogP contribution < -0.4 is 0 Å². The van der Waals surface area contributed by atoms with Crippen LogP contribution in [0.15, 0.2) is 29.2 Å². The molecule has 0 N–H and O–H groups in total. The lowest BCUT2D eigenvalue weighted by molar-refractivity contribution is -0.132. The number of nitrogens with zero attached hydrogens (tertiary/aromatic N) is 2. The highest BCUT2D eigenvalue weighted by Crippen LogP contribution is 2.28. The van der Waals surface area contributed by atoms with E-state index in [2.05, 4.69) is 16.7 Å². The minimum atomic E-state index is -0.0502. The Kier molecular flexibility index (Phi) is 7.30. The van der Waals surface area contributed by atoms with Crippen molar-refractivity contribution in [1.82, 2.24) is 9.80 Å². The van der Waals surface area contributed by atoms with E-state index in [4.69, 9.17) is 11.6 Å². The fraction of sp³-hybridized carbons (Fsp3) is 0.667. The topological polar surface area (TPSA) is 23.6 Å². The summed E-state index contributed by atoms with van der Waals surface area (Å²) in [4.78, 5) is 18.7. The zero-order valence-electron chi connectivity index (χ0n) is 16.0. The fourth-order valence-corrected chi connectivity index (χ4v) is 5.13. The van der Waals surface area contributed by atoms with Crippen molar-refractivity contribution >= 4 is 29.3 Å². The summed E-state index contributed by atoms with van der Waals surface area (Å²) in [6, 6.07) is 7.76. The van der Waals surface area contributed by atoms with Crippen LogP contribution in [0.5, 0.6) is 0 Å². The largest absolute Gasteiger partial charge is 0.341 e. The van der Waals surface area contributed by atoms with Gasteiger partial charge in [-0.05, 0) is 81.8 Å². The Bertz CT molecular complexity index is 586. The predicted octanol–water partition coefficient (Wildman–Crippen LogP) is 4.79. The molecule has 1 aromatic rings. The first-order chi connectivity index (χ1) is 12.5. The second-order valence-corrected chi connectivity index (χ2v) is 9.84. The van der Waals surface area contributed by atoms with E-state index in [0.29, 0.717) is 5.92 Å². The molecule has 0 aromatic heterocycles. The second kappa shape index (κ2) is 9.48. The van der Waals surface area contributed by atoms with Gasteiger partial charge in [0.15, 0.2) is 0 Å². The number of carbonyl (C=O) groups excluding carboxylic acids is 1. The third kappa shape index (κ3) is 5.64. The first kappa shape index (κ1) is 20.0. The molecule has 1 amide bonds. The van der Waals surface area contributed by atoms with E-state index in [-0.39, 0.29) is 11.2 Å². The molecule has 144 valence electrons. The first-order valence-electron chi connectivity index (χ1n) is 9.94. The Labute approximate surface area is 167 Å². The van der Waals surface area contributed by atoms with Gasteiger partial charge in [0.2, 0.25) is 5.91 Å². The number of hydrogen-bond donors (Lipinski definition) is 0. The summed E-state index contributed by atoms with van der Waals surface area (Å²) in [6.07, 6.45) is 5.04.